The lowest BCUT2D eigenvalue weighted by molar-refractivity contribution is 0.233. The maximum Gasteiger partial charge on any atom is 0.315 e. The third-order valence-electron chi connectivity index (χ3n) is 3.90. The van der Waals surface area contributed by atoms with Gasteiger partial charge in [0.25, 0.3) is 0 Å². The van der Waals surface area contributed by atoms with E-state index in [0.717, 1.165) is 18.4 Å². The van der Waals surface area contributed by atoms with E-state index < -0.39 is 0 Å². The molecule has 1 saturated carbocycles. The SMILES string of the molecule is COc1ccc(CNC(=O)NC2CCCCCCC2)cn1. The van der Waals surface area contributed by atoms with Gasteiger partial charge in [-0.3, -0.25) is 0 Å². The van der Waals surface area contributed by atoms with E-state index in [9.17, 15) is 4.79 Å². The summed E-state index contributed by atoms with van der Waals surface area (Å²) in [5.74, 6) is 0.581. The van der Waals surface area contributed by atoms with Crippen molar-refractivity contribution >= 4 is 6.03 Å². The fourth-order valence-corrected chi connectivity index (χ4v) is 2.66. The Kier molecular flexibility index (Phi) is 6.31. The van der Waals surface area contributed by atoms with E-state index in [2.05, 4.69) is 15.6 Å². The second kappa shape index (κ2) is 8.49. The quantitative estimate of drug-likeness (QED) is 0.896. The molecule has 0 aromatic carbocycles. The minimum Gasteiger partial charge on any atom is -0.481 e. The summed E-state index contributed by atoms with van der Waals surface area (Å²) in [7, 11) is 1.59. The first kappa shape index (κ1) is 15.6. The molecule has 0 unspecified atom stereocenters. The van der Waals surface area contributed by atoms with Gasteiger partial charge in [-0.15, -0.1) is 0 Å². The smallest absolute Gasteiger partial charge is 0.315 e. The minimum atomic E-state index is -0.0867. The van der Waals surface area contributed by atoms with E-state index in [0.29, 0.717) is 18.5 Å². The highest BCUT2D eigenvalue weighted by atomic mass is 16.5. The monoisotopic (exact) mass is 291 g/mol. The van der Waals surface area contributed by atoms with Gasteiger partial charge in [-0.25, -0.2) is 9.78 Å². The number of hydrogen-bond acceptors (Lipinski definition) is 3. The first-order valence-electron chi connectivity index (χ1n) is 7.81. The van der Waals surface area contributed by atoms with Crippen LogP contribution in [0.1, 0.15) is 50.5 Å². The van der Waals surface area contributed by atoms with Crippen LogP contribution in [0.3, 0.4) is 0 Å². The Morgan fingerprint density at radius 1 is 1.24 bits per heavy atom. The van der Waals surface area contributed by atoms with Gasteiger partial charge in [0.05, 0.1) is 7.11 Å². The number of nitrogens with zero attached hydrogens (tertiary/aromatic N) is 1. The van der Waals surface area contributed by atoms with Gasteiger partial charge in [-0.05, 0) is 18.4 Å². The predicted octanol–water partition coefficient (Wildman–Crippen LogP) is 3.00. The molecule has 1 aromatic rings. The Bertz CT molecular complexity index is 426. The van der Waals surface area contributed by atoms with Gasteiger partial charge in [0.2, 0.25) is 5.88 Å². The van der Waals surface area contributed by atoms with Crippen LogP contribution in [0, 0.1) is 0 Å². The van der Waals surface area contributed by atoms with Crippen molar-refractivity contribution in [2.75, 3.05) is 7.11 Å². The third kappa shape index (κ3) is 5.61. The summed E-state index contributed by atoms with van der Waals surface area (Å²) in [4.78, 5) is 16.1. The molecular formula is C16H25N3O2. The van der Waals surface area contributed by atoms with Crippen LogP contribution in [0.25, 0.3) is 0 Å². The molecule has 1 aromatic heterocycles. The molecule has 0 bridgehead atoms. The van der Waals surface area contributed by atoms with Crippen LogP contribution in [-0.4, -0.2) is 24.2 Å². The second-order valence-electron chi connectivity index (χ2n) is 5.58. The number of hydrogen-bond donors (Lipinski definition) is 2. The van der Waals surface area contributed by atoms with Crippen LogP contribution in [0.5, 0.6) is 5.88 Å². The number of rotatable bonds is 4. The van der Waals surface area contributed by atoms with Crippen LogP contribution < -0.4 is 15.4 Å². The van der Waals surface area contributed by atoms with Crippen LogP contribution in [0.4, 0.5) is 4.79 Å². The summed E-state index contributed by atoms with van der Waals surface area (Å²) in [6.07, 6.45) is 10.3. The standard InChI is InChI=1S/C16H25N3O2/c1-21-15-10-9-13(11-17-15)12-18-16(20)19-14-7-5-3-2-4-6-8-14/h9-11,14H,2-8,12H2,1H3,(H2,18,19,20). The molecule has 1 aliphatic rings. The third-order valence-corrected chi connectivity index (χ3v) is 3.90. The minimum absolute atomic E-state index is 0.0867. The average Bonchev–Trinajstić information content (AvgIpc) is 2.48. The van der Waals surface area contributed by atoms with E-state index in [-0.39, 0.29) is 6.03 Å². The summed E-state index contributed by atoms with van der Waals surface area (Å²) in [5.41, 5.74) is 0.962. The Balaban J connectivity index is 1.72. The van der Waals surface area contributed by atoms with Crippen LogP contribution in [0.15, 0.2) is 18.3 Å². The number of aromatic nitrogens is 1. The largest absolute Gasteiger partial charge is 0.481 e. The Morgan fingerprint density at radius 2 is 1.95 bits per heavy atom. The summed E-state index contributed by atoms with van der Waals surface area (Å²) >= 11 is 0. The van der Waals surface area contributed by atoms with E-state index in [1.54, 1.807) is 19.4 Å². The molecule has 5 heteroatoms. The van der Waals surface area contributed by atoms with Crippen molar-refractivity contribution in [3.63, 3.8) is 0 Å². The first-order valence-corrected chi connectivity index (χ1v) is 7.81. The molecule has 0 atom stereocenters. The molecule has 2 rings (SSSR count). The van der Waals surface area contributed by atoms with Crippen molar-refractivity contribution in [1.82, 2.24) is 15.6 Å². The molecule has 0 aliphatic heterocycles. The lowest BCUT2D eigenvalue weighted by atomic mass is 9.97. The van der Waals surface area contributed by atoms with Gasteiger partial charge < -0.3 is 15.4 Å². The molecule has 1 heterocycles. The van der Waals surface area contributed by atoms with E-state index in [1.807, 2.05) is 6.07 Å². The number of carbonyl (C=O) groups is 1. The van der Waals surface area contributed by atoms with Crippen molar-refractivity contribution in [2.45, 2.75) is 57.5 Å². The average molecular weight is 291 g/mol. The molecular weight excluding hydrogens is 266 g/mol. The van der Waals surface area contributed by atoms with Gasteiger partial charge in [0, 0.05) is 24.8 Å². The summed E-state index contributed by atoms with van der Waals surface area (Å²) in [6.45, 7) is 0.482. The van der Waals surface area contributed by atoms with Crippen molar-refractivity contribution in [3.05, 3.63) is 23.9 Å². The zero-order valence-electron chi connectivity index (χ0n) is 12.7. The topological polar surface area (TPSA) is 63.2 Å². The van der Waals surface area contributed by atoms with Crippen LogP contribution in [0.2, 0.25) is 0 Å². The van der Waals surface area contributed by atoms with E-state index >= 15 is 0 Å². The van der Waals surface area contributed by atoms with Gasteiger partial charge in [-0.1, -0.05) is 38.2 Å². The fraction of sp³-hybridized carbons (Fsp3) is 0.625. The molecule has 0 radical (unpaired) electrons. The highest BCUT2D eigenvalue weighted by molar-refractivity contribution is 5.74. The van der Waals surface area contributed by atoms with Crippen LogP contribution in [-0.2, 0) is 6.54 Å². The normalized spacial score (nSPS) is 16.6. The predicted molar refractivity (Wildman–Crippen MR) is 82.3 cm³/mol. The molecule has 0 saturated heterocycles. The Morgan fingerprint density at radius 3 is 2.57 bits per heavy atom. The molecule has 0 spiro atoms. The van der Waals surface area contributed by atoms with Gasteiger partial charge in [0.15, 0.2) is 0 Å². The Hall–Kier alpha value is -1.78. The number of carbonyl (C=O) groups excluding carboxylic acids is 1. The van der Waals surface area contributed by atoms with Crippen molar-refractivity contribution in [3.8, 4) is 5.88 Å². The lowest BCUT2D eigenvalue weighted by Gasteiger charge is -2.21. The van der Waals surface area contributed by atoms with E-state index in [4.69, 9.17) is 4.74 Å². The molecule has 5 nitrogen and oxygen atoms in total. The van der Waals surface area contributed by atoms with Crippen molar-refractivity contribution in [2.24, 2.45) is 0 Å². The Labute approximate surface area is 126 Å². The number of nitrogens with one attached hydrogen (secondary N) is 2. The molecule has 1 fully saturated rings. The maximum atomic E-state index is 11.9. The summed E-state index contributed by atoms with van der Waals surface area (Å²) < 4.78 is 5.01. The first-order chi connectivity index (χ1) is 10.3. The highest BCUT2D eigenvalue weighted by Gasteiger charge is 2.13. The molecule has 1 aliphatic carbocycles. The molecule has 2 amide bonds. The van der Waals surface area contributed by atoms with Gasteiger partial charge >= 0.3 is 6.03 Å². The van der Waals surface area contributed by atoms with Gasteiger partial charge in [-0.2, -0.15) is 0 Å². The van der Waals surface area contributed by atoms with E-state index in [1.165, 1.54) is 32.1 Å². The molecule has 2 N–H and O–H groups in total. The number of ether oxygens (including phenoxy) is 1. The van der Waals surface area contributed by atoms with Crippen molar-refractivity contribution in [1.29, 1.82) is 0 Å². The number of urea groups is 1. The van der Waals surface area contributed by atoms with Crippen molar-refractivity contribution < 1.29 is 9.53 Å². The summed E-state index contributed by atoms with van der Waals surface area (Å²) in [6, 6.07) is 3.93. The molecule has 21 heavy (non-hydrogen) atoms. The fourth-order valence-electron chi connectivity index (χ4n) is 2.66. The maximum absolute atomic E-state index is 11.9. The lowest BCUT2D eigenvalue weighted by Crippen LogP contribution is -2.42. The van der Waals surface area contributed by atoms with Crippen LogP contribution >= 0.6 is 0 Å². The summed E-state index contributed by atoms with van der Waals surface area (Å²) in [5, 5.41) is 5.97. The second-order valence-corrected chi connectivity index (χ2v) is 5.58. The number of pyridine rings is 1. The molecule has 116 valence electrons. The zero-order valence-corrected chi connectivity index (χ0v) is 12.7. The number of methoxy groups -OCH3 is 1. The zero-order chi connectivity index (χ0) is 14.9. The highest BCUT2D eigenvalue weighted by Crippen LogP contribution is 2.17. The number of amides is 2. The van der Waals surface area contributed by atoms with Gasteiger partial charge in [0.1, 0.15) is 0 Å².